The van der Waals surface area contributed by atoms with Crippen molar-refractivity contribution >= 4 is 33.4 Å². The van der Waals surface area contributed by atoms with Crippen LogP contribution in [0.1, 0.15) is 15.9 Å². The van der Waals surface area contributed by atoms with Crippen LogP contribution in [-0.4, -0.2) is 16.1 Å². The first-order chi connectivity index (χ1) is 9.06. The average molecular weight is 322 g/mol. The molecule has 0 aliphatic rings. The van der Waals surface area contributed by atoms with Gasteiger partial charge in [-0.2, -0.15) is 0 Å². The molecule has 1 aromatic carbocycles. The topological polar surface area (TPSA) is 88.2 Å². The number of carboxylic acids is 1. The van der Waals surface area contributed by atoms with Crippen LogP contribution in [0.5, 0.6) is 0 Å². The number of nitrogens with one attached hydrogen (secondary N) is 1. The van der Waals surface area contributed by atoms with Gasteiger partial charge in [-0.1, -0.05) is 28.1 Å². The third-order valence-electron chi connectivity index (χ3n) is 2.55. The smallest absolute Gasteiger partial charge is 0.337 e. The van der Waals surface area contributed by atoms with E-state index in [9.17, 15) is 4.79 Å². The number of aromatic carboxylic acids is 1. The van der Waals surface area contributed by atoms with Gasteiger partial charge < -0.3 is 16.2 Å². The number of carbonyl (C=O) groups is 1. The van der Waals surface area contributed by atoms with E-state index >= 15 is 0 Å². The largest absolute Gasteiger partial charge is 0.478 e. The molecule has 19 heavy (non-hydrogen) atoms. The molecule has 0 aliphatic heterocycles. The monoisotopic (exact) mass is 321 g/mol. The molecule has 0 aliphatic carbocycles. The Labute approximate surface area is 118 Å². The van der Waals surface area contributed by atoms with Gasteiger partial charge in [0.2, 0.25) is 0 Å². The fourth-order valence-corrected chi connectivity index (χ4v) is 1.81. The van der Waals surface area contributed by atoms with Gasteiger partial charge in [-0.15, -0.1) is 0 Å². The molecule has 0 bridgehead atoms. The zero-order valence-electron chi connectivity index (χ0n) is 9.93. The van der Waals surface area contributed by atoms with Crippen molar-refractivity contribution in [2.45, 2.75) is 6.54 Å². The van der Waals surface area contributed by atoms with Gasteiger partial charge in [-0.25, -0.2) is 9.78 Å². The number of carboxylic acid groups (broad SMARTS) is 1. The van der Waals surface area contributed by atoms with Crippen LogP contribution in [0.25, 0.3) is 0 Å². The Morgan fingerprint density at radius 2 is 2.05 bits per heavy atom. The van der Waals surface area contributed by atoms with Crippen molar-refractivity contribution in [3.05, 3.63) is 52.1 Å². The molecule has 4 N–H and O–H groups in total. The number of benzene rings is 1. The number of halogens is 1. The van der Waals surface area contributed by atoms with E-state index in [0.29, 0.717) is 12.4 Å². The van der Waals surface area contributed by atoms with Gasteiger partial charge in [0.05, 0.1) is 17.4 Å². The zero-order chi connectivity index (χ0) is 13.8. The highest BCUT2D eigenvalue weighted by Crippen LogP contribution is 2.16. The number of rotatable bonds is 4. The van der Waals surface area contributed by atoms with Crippen molar-refractivity contribution in [1.82, 2.24) is 4.98 Å². The summed E-state index contributed by atoms with van der Waals surface area (Å²) < 4.78 is 1.01. The van der Waals surface area contributed by atoms with Crippen LogP contribution in [-0.2, 0) is 6.54 Å². The van der Waals surface area contributed by atoms with Crippen LogP contribution in [0.15, 0.2) is 41.0 Å². The third-order valence-corrected chi connectivity index (χ3v) is 3.08. The maximum absolute atomic E-state index is 10.9. The summed E-state index contributed by atoms with van der Waals surface area (Å²) in [5.74, 6) is -0.582. The second-order valence-corrected chi connectivity index (χ2v) is 4.86. The van der Waals surface area contributed by atoms with E-state index in [1.807, 2.05) is 24.3 Å². The van der Waals surface area contributed by atoms with Gasteiger partial charge in [0.1, 0.15) is 5.82 Å². The second kappa shape index (κ2) is 5.71. The maximum atomic E-state index is 10.9. The average Bonchev–Trinajstić information content (AvgIpc) is 2.39. The van der Waals surface area contributed by atoms with Crippen LogP contribution < -0.4 is 11.1 Å². The molecule has 0 amide bonds. The Hall–Kier alpha value is -2.08. The molecule has 1 aromatic heterocycles. The van der Waals surface area contributed by atoms with Gasteiger partial charge >= 0.3 is 5.97 Å². The van der Waals surface area contributed by atoms with E-state index in [4.69, 9.17) is 10.8 Å². The predicted molar refractivity (Wildman–Crippen MR) is 77.1 cm³/mol. The van der Waals surface area contributed by atoms with E-state index in [-0.39, 0.29) is 11.3 Å². The first-order valence-corrected chi connectivity index (χ1v) is 6.32. The maximum Gasteiger partial charge on any atom is 0.337 e. The van der Waals surface area contributed by atoms with Crippen molar-refractivity contribution in [2.24, 2.45) is 0 Å². The Bertz CT molecular complexity index is 599. The van der Waals surface area contributed by atoms with E-state index in [1.54, 1.807) is 0 Å². The summed E-state index contributed by atoms with van der Waals surface area (Å²) in [5, 5.41) is 12.0. The van der Waals surface area contributed by atoms with Crippen LogP contribution in [0.2, 0.25) is 0 Å². The van der Waals surface area contributed by atoms with Crippen molar-refractivity contribution < 1.29 is 9.90 Å². The number of hydrogen-bond donors (Lipinski definition) is 3. The van der Waals surface area contributed by atoms with Gasteiger partial charge in [0.15, 0.2) is 0 Å². The molecule has 0 unspecified atom stereocenters. The number of anilines is 2. The van der Waals surface area contributed by atoms with E-state index in [2.05, 4.69) is 26.2 Å². The lowest BCUT2D eigenvalue weighted by Gasteiger charge is -2.08. The Balaban J connectivity index is 2.09. The molecule has 2 rings (SSSR count). The summed E-state index contributed by atoms with van der Waals surface area (Å²) >= 11 is 3.36. The fourth-order valence-electron chi connectivity index (χ4n) is 1.54. The molecule has 98 valence electrons. The van der Waals surface area contributed by atoms with Crippen LogP contribution >= 0.6 is 15.9 Å². The third kappa shape index (κ3) is 3.45. The van der Waals surface area contributed by atoms with Gasteiger partial charge in [0.25, 0.3) is 0 Å². The first kappa shape index (κ1) is 13.4. The molecule has 2 aromatic rings. The Kier molecular flexibility index (Phi) is 4.01. The summed E-state index contributed by atoms with van der Waals surface area (Å²) in [5.41, 5.74) is 6.81. The molecule has 0 atom stereocenters. The normalized spacial score (nSPS) is 10.2. The standard InChI is InChI=1S/C13H12BrN3O2/c14-9-3-1-8(2-4-9)6-16-12-5-10(13(18)19)11(15)7-17-12/h1-5,7H,6,15H2,(H,16,17)(H,18,19). The minimum Gasteiger partial charge on any atom is -0.478 e. The number of hydrogen-bond acceptors (Lipinski definition) is 4. The van der Waals surface area contributed by atoms with Gasteiger partial charge in [-0.3, -0.25) is 0 Å². The molecular weight excluding hydrogens is 310 g/mol. The van der Waals surface area contributed by atoms with Gasteiger partial charge in [-0.05, 0) is 23.8 Å². The highest BCUT2D eigenvalue weighted by atomic mass is 79.9. The molecule has 0 saturated carbocycles. The summed E-state index contributed by atoms with van der Waals surface area (Å²) in [4.78, 5) is 15.0. The van der Waals surface area contributed by atoms with Crippen LogP contribution in [0.4, 0.5) is 11.5 Å². The Morgan fingerprint density at radius 1 is 1.37 bits per heavy atom. The lowest BCUT2D eigenvalue weighted by Crippen LogP contribution is -2.07. The molecular formula is C13H12BrN3O2. The van der Waals surface area contributed by atoms with Gasteiger partial charge in [0, 0.05) is 11.0 Å². The predicted octanol–water partition coefficient (Wildman–Crippen LogP) is 2.74. The summed E-state index contributed by atoms with van der Waals surface area (Å²) in [7, 11) is 0. The molecule has 5 nitrogen and oxygen atoms in total. The number of nitrogens with two attached hydrogens (primary N) is 1. The number of pyridine rings is 1. The Morgan fingerprint density at radius 3 is 2.68 bits per heavy atom. The van der Waals surface area contributed by atoms with E-state index in [1.165, 1.54) is 12.3 Å². The number of nitrogen functional groups attached to an aromatic ring is 1. The minimum atomic E-state index is -1.06. The van der Waals surface area contributed by atoms with Crippen molar-refractivity contribution in [1.29, 1.82) is 0 Å². The second-order valence-electron chi connectivity index (χ2n) is 3.94. The van der Waals surface area contributed by atoms with Crippen molar-refractivity contribution in [3.8, 4) is 0 Å². The summed E-state index contributed by atoms with van der Waals surface area (Å²) in [6.45, 7) is 0.559. The lowest BCUT2D eigenvalue weighted by molar-refractivity contribution is 0.0698. The molecule has 0 spiro atoms. The molecule has 6 heteroatoms. The fraction of sp³-hybridized carbons (Fsp3) is 0.0769. The minimum absolute atomic E-state index is 0.0494. The summed E-state index contributed by atoms with van der Waals surface area (Å²) in [6, 6.07) is 9.24. The van der Waals surface area contributed by atoms with Crippen LogP contribution in [0.3, 0.4) is 0 Å². The number of aromatic nitrogens is 1. The highest BCUT2D eigenvalue weighted by molar-refractivity contribution is 9.10. The van der Waals surface area contributed by atoms with E-state index < -0.39 is 5.97 Å². The lowest BCUT2D eigenvalue weighted by atomic mass is 10.2. The van der Waals surface area contributed by atoms with E-state index in [0.717, 1.165) is 10.0 Å². The van der Waals surface area contributed by atoms with Crippen LogP contribution in [0, 0.1) is 0 Å². The van der Waals surface area contributed by atoms with Crippen molar-refractivity contribution in [3.63, 3.8) is 0 Å². The summed E-state index contributed by atoms with van der Waals surface area (Å²) in [6.07, 6.45) is 1.34. The zero-order valence-corrected chi connectivity index (χ0v) is 11.5. The van der Waals surface area contributed by atoms with Crippen molar-refractivity contribution in [2.75, 3.05) is 11.1 Å². The molecule has 1 heterocycles. The molecule has 0 saturated heterocycles. The quantitative estimate of drug-likeness (QED) is 0.805. The molecule has 0 fully saturated rings. The molecule has 0 radical (unpaired) electrons. The highest BCUT2D eigenvalue weighted by Gasteiger charge is 2.09. The first-order valence-electron chi connectivity index (χ1n) is 5.53. The SMILES string of the molecule is Nc1cnc(NCc2ccc(Br)cc2)cc1C(=O)O. The number of nitrogens with zero attached hydrogens (tertiary/aromatic N) is 1.